The molecule has 0 saturated carbocycles. The molecule has 0 radical (unpaired) electrons. The minimum Gasteiger partial charge on any atom is -0.431 e. The van der Waals surface area contributed by atoms with Crippen LogP contribution in [0.1, 0.15) is 26.7 Å². The van der Waals surface area contributed by atoms with Crippen molar-refractivity contribution in [1.82, 2.24) is 0 Å². The van der Waals surface area contributed by atoms with E-state index in [4.69, 9.17) is 16.3 Å². The van der Waals surface area contributed by atoms with Crippen LogP contribution in [0.2, 0.25) is 5.02 Å². The van der Waals surface area contributed by atoms with Gasteiger partial charge in [-0.2, -0.15) is 8.78 Å². The number of alkyl halides is 2. The summed E-state index contributed by atoms with van der Waals surface area (Å²) in [6, 6.07) is 3.23. The first-order chi connectivity index (χ1) is 9.77. The molecule has 21 heavy (non-hydrogen) atoms. The lowest BCUT2D eigenvalue weighted by atomic mass is 9.94. The van der Waals surface area contributed by atoms with E-state index in [0.29, 0.717) is 21.8 Å². The van der Waals surface area contributed by atoms with E-state index in [1.54, 1.807) is 6.07 Å². The highest BCUT2D eigenvalue weighted by atomic mass is 79.9. The third kappa shape index (κ3) is 4.69. The predicted molar refractivity (Wildman–Crippen MR) is 82.5 cm³/mol. The summed E-state index contributed by atoms with van der Waals surface area (Å²) >= 11 is 9.20. The largest absolute Gasteiger partial charge is 0.431 e. The minimum absolute atomic E-state index is 0.0682. The molecule has 1 heterocycles. The second-order valence-corrected chi connectivity index (χ2v) is 6.88. The van der Waals surface area contributed by atoms with Crippen molar-refractivity contribution in [3.63, 3.8) is 0 Å². The molecule has 1 N–H and O–H groups in total. The maximum absolute atomic E-state index is 12.6. The van der Waals surface area contributed by atoms with Gasteiger partial charge in [0.1, 0.15) is 0 Å². The van der Waals surface area contributed by atoms with E-state index in [0.717, 1.165) is 12.8 Å². The molecule has 1 saturated heterocycles. The number of rotatable bonds is 4. The molecule has 0 spiro atoms. The molecular weight excluding hydrogens is 368 g/mol. The van der Waals surface area contributed by atoms with E-state index in [1.165, 1.54) is 6.07 Å². The number of nitrogens with one attached hydrogen (secondary N) is 1. The molecule has 1 fully saturated rings. The summed E-state index contributed by atoms with van der Waals surface area (Å²) in [6.07, 6.45) is 1.56. The van der Waals surface area contributed by atoms with E-state index in [2.05, 4.69) is 26.0 Å². The van der Waals surface area contributed by atoms with E-state index in [-0.39, 0.29) is 17.4 Å². The van der Waals surface area contributed by atoms with Gasteiger partial charge in [0.05, 0.1) is 15.8 Å². The minimum atomic E-state index is -2.89. The zero-order valence-electron chi connectivity index (χ0n) is 11.8. The first-order valence-electron chi connectivity index (χ1n) is 6.61. The molecule has 7 heteroatoms. The van der Waals surface area contributed by atoms with Crippen LogP contribution in [0.4, 0.5) is 14.5 Å². The average Bonchev–Trinajstić information content (AvgIpc) is 2.32. The van der Waals surface area contributed by atoms with Gasteiger partial charge in [0.2, 0.25) is 0 Å². The van der Waals surface area contributed by atoms with E-state index >= 15 is 0 Å². The molecule has 0 aliphatic carbocycles. The first-order valence-corrected chi connectivity index (χ1v) is 7.78. The van der Waals surface area contributed by atoms with Gasteiger partial charge in [-0.15, -0.1) is 0 Å². The van der Waals surface area contributed by atoms with Crippen molar-refractivity contribution in [1.29, 1.82) is 0 Å². The van der Waals surface area contributed by atoms with Gasteiger partial charge in [-0.1, -0.05) is 11.6 Å². The maximum Gasteiger partial charge on any atom is 0.387 e. The first kappa shape index (κ1) is 16.8. The van der Waals surface area contributed by atoms with Gasteiger partial charge in [0.15, 0.2) is 5.75 Å². The summed E-state index contributed by atoms with van der Waals surface area (Å²) in [5.74, 6) is 0.0682. The molecule has 0 aromatic heterocycles. The summed E-state index contributed by atoms with van der Waals surface area (Å²) < 4.78 is 35.8. The summed E-state index contributed by atoms with van der Waals surface area (Å²) in [5, 5.41) is 3.68. The van der Waals surface area contributed by atoms with Crippen LogP contribution in [0.15, 0.2) is 16.6 Å². The SMILES string of the molecule is CC1(C)CC(Nc2cc(Cl)cc(Br)c2OC(F)F)CCO1. The Morgan fingerprint density at radius 1 is 1.48 bits per heavy atom. The van der Waals surface area contributed by atoms with Gasteiger partial charge in [0.25, 0.3) is 0 Å². The monoisotopic (exact) mass is 383 g/mol. The molecule has 0 bridgehead atoms. The topological polar surface area (TPSA) is 30.5 Å². The second kappa shape index (κ2) is 6.67. The van der Waals surface area contributed by atoms with Crippen LogP contribution < -0.4 is 10.1 Å². The van der Waals surface area contributed by atoms with Gasteiger partial charge >= 0.3 is 6.61 Å². The van der Waals surface area contributed by atoms with Crippen molar-refractivity contribution in [3.05, 3.63) is 21.6 Å². The Labute approximate surface area is 136 Å². The Kier molecular flexibility index (Phi) is 5.33. The third-order valence-electron chi connectivity index (χ3n) is 3.27. The van der Waals surface area contributed by atoms with Crippen LogP contribution >= 0.6 is 27.5 Å². The van der Waals surface area contributed by atoms with Gasteiger partial charge in [-0.05, 0) is 54.8 Å². The number of benzene rings is 1. The highest BCUT2D eigenvalue weighted by Gasteiger charge is 2.29. The molecule has 1 aromatic rings. The van der Waals surface area contributed by atoms with Crippen LogP contribution in [-0.2, 0) is 4.74 Å². The third-order valence-corrected chi connectivity index (χ3v) is 4.08. The zero-order valence-corrected chi connectivity index (χ0v) is 14.1. The average molecular weight is 385 g/mol. The number of hydrogen-bond acceptors (Lipinski definition) is 3. The van der Waals surface area contributed by atoms with Crippen LogP contribution in [0.25, 0.3) is 0 Å². The molecule has 1 aromatic carbocycles. The van der Waals surface area contributed by atoms with Crippen LogP contribution in [0.5, 0.6) is 5.75 Å². The Morgan fingerprint density at radius 3 is 2.81 bits per heavy atom. The molecule has 1 atom stereocenters. The van der Waals surface area contributed by atoms with Crippen molar-refractivity contribution in [2.75, 3.05) is 11.9 Å². The van der Waals surface area contributed by atoms with Gasteiger partial charge in [0, 0.05) is 17.7 Å². The molecule has 1 aliphatic heterocycles. The highest BCUT2D eigenvalue weighted by molar-refractivity contribution is 9.10. The summed E-state index contributed by atoms with van der Waals surface area (Å²) in [5.41, 5.74) is 0.215. The lowest BCUT2D eigenvalue weighted by Gasteiger charge is -2.36. The van der Waals surface area contributed by atoms with E-state index in [1.807, 2.05) is 13.8 Å². The molecule has 2 rings (SSSR count). The predicted octanol–water partition coefficient (Wildman–Crippen LogP) is 5.07. The maximum atomic E-state index is 12.6. The van der Waals surface area contributed by atoms with Crippen molar-refractivity contribution in [3.8, 4) is 5.75 Å². The quantitative estimate of drug-likeness (QED) is 0.786. The molecule has 1 aliphatic rings. The lowest BCUT2D eigenvalue weighted by Crippen LogP contribution is -2.40. The number of hydrogen-bond donors (Lipinski definition) is 1. The van der Waals surface area contributed by atoms with Gasteiger partial charge < -0.3 is 14.8 Å². The van der Waals surface area contributed by atoms with Crippen LogP contribution in [-0.4, -0.2) is 24.9 Å². The Morgan fingerprint density at radius 2 is 2.19 bits per heavy atom. The van der Waals surface area contributed by atoms with Crippen LogP contribution in [0, 0.1) is 0 Å². The normalized spacial score (nSPS) is 21.4. The Balaban J connectivity index is 2.22. The van der Waals surface area contributed by atoms with E-state index < -0.39 is 6.61 Å². The van der Waals surface area contributed by atoms with Gasteiger partial charge in [-0.3, -0.25) is 0 Å². The standard InChI is InChI=1S/C14H17BrClF2NO2/c1-14(2)7-9(3-4-20-14)19-11-6-8(16)5-10(15)12(11)21-13(17)18/h5-6,9,13,19H,3-4,7H2,1-2H3. The lowest BCUT2D eigenvalue weighted by molar-refractivity contribution is -0.0564. The number of ether oxygens (including phenoxy) is 2. The smallest absolute Gasteiger partial charge is 0.387 e. The number of anilines is 1. The van der Waals surface area contributed by atoms with Crippen molar-refractivity contribution < 1.29 is 18.3 Å². The summed E-state index contributed by atoms with van der Waals surface area (Å²) in [7, 11) is 0. The fraction of sp³-hybridized carbons (Fsp3) is 0.571. The Hall–Kier alpha value is -0.590. The zero-order chi connectivity index (χ0) is 15.6. The highest BCUT2D eigenvalue weighted by Crippen LogP contribution is 2.39. The van der Waals surface area contributed by atoms with Crippen LogP contribution in [0.3, 0.4) is 0 Å². The van der Waals surface area contributed by atoms with Crippen molar-refractivity contribution >= 4 is 33.2 Å². The molecular formula is C14H17BrClF2NO2. The van der Waals surface area contributed by atoms with Crippen molar-refractivity contribution in [2.45, 2.75) is 44.9 Å². The fourth-order valence-electron chi connectivity index (χ4n) is 2.45. The van der Waals surface area contributed by atoms with E-state index in [9.17, 15) is 8.78 Å². The Bertz CT molecular complexity index is 514. The number of halogens is 4. The fourth-order valence-corrected chi connectivity index (χ4v) is 3.36. The summed E-state index contributed by atoms with van der Waals surface area (Å²) in [4.78, 5) is 0. The van der Waals surface area contributed by atoms with Gasteiger partial charge in [-0.25, -0.2) is 0 Å². The molecule has 0 amide bonds. The second-order valence-electron chi connectivity index (χ2n) is 5.59. The summed E-state index contributed by atoms with van der Waals surface area (Å²) in [6.45, 7) is 1.74. The molecule has 118 valence electrons. The molecule has 1 unspecified atom stereocenters. The molecule has 3 nitrogen and oxygen atoms in total. The van der Waals surface area contributed by atoms with Crippen molar-refractivity contribution in [2.24, 2.45) is 0 Å².